The Morgan fingerprint density at radius 2 is 1.79 bits per heavy atom. The van der Waals surface area contributed by atoms with E-state index in [2.05, 4.69) is 4.98 Å². The first-order valence-electron chi connectivity index (χ1n) is 8.54. The number of alkyl halides is 3. The summed E-state index contributed by atoms with van der Waals surface area (Å²) in [7, 11) is 0. The molecule has 0 unspecified atom stereocenters. The van der Waals surface area contributed by atoms with Gasteiger partial charge in [0.2, 0.25) is 0 Å². The Bertz CT molecular complexity index is 1060. The largest absolute Gasteiger partial charge is 0.462 e. The number of hydrogen-bond donors (Lipinski definition) is 1. The van der Waals surface area contributed by atoms with Crippen molar-refractivity contribution in [3.63, 3.8) is 0 Å². The highest BCUT2D eigenvalue weighted by molar-refractivity contribution is 6.03. The van der Waals surface area contributed by atoms with Crippen molar-refractivity contribution in [1.82, 2.24) is 4.98 Å². The molecule has 1 aromatic heterocycles. The molecule has 0 atom stereocenters. The first kappa shape index (κ1) is 20.1. The van der Waals surface area contributed by atoms with Crippen molar-refractivity contribution in [2.45, 2.75) is 13.1 Å². The van der Waals surface area contributed by atoms with Gasteiger partial charge in [-0.15, -0.1) is 0 Å². The van der Waals surface area contributed by atoms with Gasteiger partial charge in [-0.05, 0) is 30.7 Å². The summed E-state index contributed by atoms with van der Waals surface area (Å²) in [5.41, 5.74) is -0.0718. The number of carbonyl (C=O) groups is 1. The molecule has 0 radical (unpaired) electrons. The molecule has 6 nitrogen and oxygen atoms in total. The molecule has 1 heterocycles. The van der Waals surface area contributed by atoms with Crippen molar-refractivity contribution in [2.24, 2.45) is 0 Å². The maximum Gasteiger partial charge on any atom is 0.416 e. The lowest BCUT2D eigenvalue weighted by Crippen LogP contribution is -2.06. The third-order valence-electron chi connectivity index (χ3n) is 4.25. The summed E-state index contributed by atoms with van der Waals surface area (Å²) in [6.07, 6.45) is -3.16. The summed E-state index contributed by atoms with van der Waals surface area (Å²) >= 11 is 0. The lowest BCUT2D eigenvalue weighted by Gasteiger charge is -2.10. The van der Waals surface area contributed by atoms with E-state index < -0.39 is 22.6 Å². The van der Waals surface area contributed by atoms with Gasteiger partial charge in [-0.1, -0.05) is 24.3 Å². The second-order valence-corrected chi connectivity index (χ2v) is 6.02. The van der Waals surface area contributed by atoms with Crippen molar-refractivity contribution in [3.8, 4) is 22.4 Å². The number of aromatic amines is 1. The fraction of sp³-hybridized carbons (Fsp3) is 0.150. The number of nitro benzene ring substituents is 1. The molecule has 0 aliphatic carbocycles. The van der Waals surface area contributed by atoms with E-state index in [1.165, 1.54) is 36.5 Å². The third kappa shape index (κ3) is 3.98. The number of nitro groups is 1. The van der Waals surface area contributed by atoms with Gasteiger partial charge >= 0.3 is 12.1 Å². The van der Waals surface area contributed by atoms with Crippen LogP contribution < -0.4 is 0 Å². The highest BCUT2D eigenvalue weighted by Crippen LogP contribution is 2.40. The van der Waals surface area contributed by atoms with Crippen molar-refractivity contribution in [1.29, 1.82) is 0 Å². The molecule has 29 heavy (non-hydrogen) atoms. The molecule has 0 aliphatic heterocycles. The average molecular weight is 404 g/mol. The van der Waals surface area contributed by atoms with Gasteiger partial charge in [-0.25, -0.2) is 4.79 Å². The molecule has 0 saturated heterocycles. The van der Waals surface area contributed by atoms with Gasteiger partial charge in [0.25, 0.3) is 5.69 Å². The van der Waals surface area contributed by atoms with E-state index in [9.17, 15) is 28.1 Å². The maximum absolute atomic E-state index is 12.9. The minimum Gasteiger partial charge on any atom is -0.462 e. The minimum atomic E-state index is -4.49. The molecule has 9 heteroatoms. The molecule has 3 rings (SSSR count). The van der Waals surface area contributed by atoms with Crippen LogP contribution in [0.4, 0.5) is 18.9 Å². The van der Waals surface area contributed by atoms with E-state index in [4.69, 9.17) is 4.74 Å². The van der Waals surface area contributed by atoms with Crippen LogP contribution in [0.5, 0.6) is 0 Å². The molecule has 0 saturated carbocycles. The van der Waals surface area contributed by atoms with Crippen LogP contribution in [-0.2, 0) is 10.9 Å². The lowest BCUT2D eigenvalue weighted by molar-refractivity contribution is -0.384. The SMILES string of the molecule is CCOC(=O)c1c[nH]c(-c2ccc(C(F)(F)F)cc2)c1-c1ccccc1[N+](=O)[O-]. The van der Waals surface area contributed by atoms with Crippen LogP contribution in [0, 0.1) is 10.1 Å². The quantitative estimate of drug-likeness (QED) is 0.348. The Balaban J connectivity index is 2.22. The molecule has 0 fully saturated rings. The van der Waals surface area contributed by atoms with Gasteiger partial charge in [-0.2, -0.15) is 13.2 Å². The molecular weight excluding hydrogens is 389 g/mol. The number of benzene rings is 2. The van der Waals surface area contributed by atoms with Gasteiger partial charge in [0.1, 0.15) is 0 Å². The Morgan fingerprint density at radius 3 is 2.38 bits per heavy atom. The molecule has 0 spiro atoms. The second kappa shape index (κ2) is 7.78. The Morgan fingerprint density at radius 1 is 1.14 bits per heavy atom. The monoisotopic (exact) mass is 404 g/mol. The van der Waals surface area contributed by atoms with E-state index in [-0.39, 0.29) is 34.7 Å². The van der Waals surface area contributed by atoms with Gasteiger partial charge in [0.15, 0.2) is 0 Å². The number of carbonyl (C=O) groups excluding carboxylic acids is 1. The van der Waals surface area contributed by atoms with E-state index in [1.807, 2.05) is 0 Å². The zero-order valence-corrected chi connectivity index (χ0v) is 15.1. The van der Waals surface area contributed by atoms with Crippen LogP contribution in [0.2, 0.25) is 0 Å². The van der Waals surface area contributed by atoms with Crippen molar-refractivity contribution in [3.05, 3.63) is 76.0 Å². The first-order valence-corrected chi connectivity index (χ1v) is 8.54. The minimum absolute atomic E-state index is 0.0519. The van der Waals surface area contributed by atoms with Crippen molar-refractivity contribution < 1.29 is 27.6 Å². The van der Waals surface area contributed by atoms with E-state index in [0.29, 0.717) is 5.56 Å². The van der Waals surface area contributed by atoms with E-state index in [1.54, 1.807) is 13.0 Å². The standard InChI is InChI=1S/C20H15F3N2O4/c1-2-29-19(26)15-11-24-18(12-7-9-13(10-8-12)20(21,22)23)17(15)14-5-3-4-6-16(14)25(27)28/h3-11,24H,2H2,1H3. The predicted octanol–water partition coefficient (Wildman–Crippen LogP) is 5.45. The summed E-state index contributed by atoms with van der Waals surface area (Å²) in [4.78, 5) is 26.1. The predicted molar refractivity (Wildman–Crippen MR) is 99.3 cm³/mol. The van der Waals surface area contributed by atoms with Crippen molar-refractivity contribution in [2.75, 3.05) is 6.61 Å². The summed E-state index contributed by atoms with van der Waals surface area (Å²) in [6.45, 7) is 1.71. The third-order valence-corrected chi connectivity index (χ3v) is 4.25. The topological polar surface area (TPSA) is 85.2 Å². The summed E-state index contributed by atoms with van der Waals surface area (Å²) in [5, 5.41) is 11.5. The molecule has 150 valence electrons. The summed E-state index contributed by atoms with van der Waals surface area (Å²) in [6, 6.07) is 10.1. The number of esters is 1. The average Bonchev–Trinajstić information content (AvgIpc) is 3.12. The number of aromatic nitrogens is 1. The smallest absolute Gasteiger partial charge is 0.416 e. The van der Waals surface area contributed by atoms with Gasteiger partial charge in [0, 0.05) is 17.8 Å². The van der Waals surface area contributed by atoms with Crippen LogP contribution in [-0.4, -0.2) is 22.5 Å². The van der Waals surface area contributed by atoms with Crippen LogP contribution in [0.15, 0.2) is 54.7 Å². The lowest BCUT2D eigenvalue weighted by atomic mass is 9.96. The number of rotatable bonds is 5. The first-order chi connectivity index (χ1) is 13.7. The second-order valence-electron chi connectivity index (χ2n) is 6.02. The highest BCUT2D eigenvalue weighted by Gasteiger charge is 2.31. The van der Waals surface area contributed by atoms with Crippen molar-refractivity contribution >= 4 is 11.7 Å². The van der Waals surface area contributed by atoms with Crippen LogP contribution >= 0.6 is 0 Å². The molecule has 0 bridgehead atoms. The number of para-hydroxylation sites is 1. The number of nitrogens with zero attached hydrogens (tertiary/aromatic N) is 1. The number of H-pyrrole nitrogens is 1. The molecule has 0 aliphatic rings. The van der Waals surface area contributed by atoms with Crippen LogP contribution in [0.25, 0.3) is 22.4 Å². The molecule has 2 aromatic carbocycles. The Labute approximate surface area is 163 Å². The molecule has 3 aromatic rings. The number of ether oxygens (including phenoxy) is 1. The zero-order chi connectivity index (χ0) is 21.2. The van der Waals surface area contributed by atoms with E-state index in [0.717, 1.165) is 12.1 Å². The maximum atomic E-state index is 12.9. The van der Waals surface area contributed by atoms with Gasteiger partial charge in [0.05, 0.1) is 33.9 Å². The molecule has 1 N–H and O–H groups in total. The Kier molecular flexibility index (Phi) is 5.40. The van der Waals surface area contributed by atoms with Crippen LogP contribution in [0.3, 0.4) is 0 Å². The summed E-state index contributed by atoms with van der Waals surface area (Å²) in [5.74, 6) is -0.699. The highest BCUT2D eigenvalue weighted by atomic mass is 19.4. The number of halogens is 3. The normalized spacial score (nSPS) is 11.3. The fourth-order valence-electron chi connectivity index (χ4n) is 2.97. The Hall–Kier alpha value is -3.62. The summed E-state index contributed by atoms with van der Waals surface area (Å²) < 4.78 is 43.6. The zero-order valence-electron chi connectivity index (χ0n) is 15.1. The molecular formula is C20H15F3N2O4. The number of hydrogen-bond acceptors (Lipinski definition) is 4. The number of nitrogens with one attached hydrogen (secondary N) is 1. The fourth-order valence-corrected chi connectivity index (χ4v) is 2.97. The molecule has 0 amide bonds. The van der Waals surface area contributed by atoms with E-state index >= 15 is 0 Å². The van der Waals surface area contributed by atoms with Gasteiger partial charge in [-0.3, -0.25) is 10.1 Å². The van der Waals surface area contributed by atoms with Crippen LogP contribution in [0.1, 0.15) is 22.8 Å². The van der Waals surface area contributed by atoms with Gasteiger partial charge < -0.3 is 9.72 Å².